The summed E-state index contributed by atoms with van der Waals surface area (Å²) in [5, 5.41) is -3.78. The van der Waals surface area contributed by atoms with Gasteiger partial charge in [0.15, 0.2) is 0 Å². The second kappa shape index (κ2) is 6.67. The third-order valence-electron chi connectivity index (χ3n) is 3.37. The minimum atomic E-state index is -3.78. The topological polar surface area (TPSA) is 44.1 Å². The van der Waals surface area contributed by atoms with Gasteiger partial charge in [-0.25, -0.2) is 14.3 Å². The molecule has 4 nitrogen and oxygen atoms in total. The van der Waals surface area contributed by atoms with Gasteiger partial charge in [0.2, 0.25) is 5.82 Å². The summed E-state index contributed by atoms with van der Waals surface area (Å²) in [5.41, 5.74) is 0.695. The van der Waals surface area contributed by atoms with E-state index in [9.17, 15) is 13.6 Å². The van der Waals surface area contributed by atoms with Crippen LogP contribution < -0.4 is 0 Å². The molecule has 132 valence electrons. The molecule has 1 aromatic carbocycles. The number of benzene rings is 1. The fourth-order valence-electron chi connectivity index (χ4n) is 2.34. The zero-order valence-electron chi connectivity index (χ0n) is 14.2. The van der Waals surface area contributed by atoms with E-state index in [1.807, 2.05) is 0 Å². The largest absolute Gasteiger partial charge is 0.443 e. The molecule has 1 heterocycles. The zero-order chi connectivity index (χ0) is 18.1. The number of hydrogen-bond donors (Lipinski definition) is 0. The average Bonchev–Trinajstić information content (AvgIpc) is 2.82. The van der Waals surface area contributed by atoms with E-state index in [2.05, 4.69) is 11.9 Å². The van der Waals surface area contributed by atoms with Crippen LogP contribution in [0.4, 0.5) is 13.6 Å². The molecule has 1 aromatic heterocycles. The van der Waals surface area contributed by atoms with Gasteiger partial charge in [0.05, 0.1) is 11.0 Å². The van der Waals surface area contributed by atoms with Crippen molar-refractivity contribution in [2.24, 2.45) is 0 Å². The molecule has 0 radical (unpaired) electrons. The van der Waals surface area contributed by atoms with Crippen LogP contribution in [0.1, 0.15) is 51.9 Å². The van der Waals surface area contributed by atoms with E-state index in [0.29, 0.717) is 5.52 Å². The molecule has 2 rings (SSSR count). The number of halogens is 3. The van der Waals surface area contributed by atoms with Gasteiger partial charge >= 0.3 is 11.5 Å². The number of fused-ring (bicyclic) bond motifs is 1. The Morgan fingerprint density at radius 2 is 2.00 bits per heavy atom. The third kappa shape index (κ3) is 4.23. The highest BCUT2D eigenvalue weighted by atomic mass is 35.5. The van der Waals surface area contributed by atoms with Crippen molar-refractivity contribution in [3.05, 3.63) is 29.6 Å². The first kappa shape index (κ1) is 18.6. The van der Waals surface area contributed by atoms with Crippen LogP contribution in [0, 0.1) is 0 Å². The molecule has 0 bridgehead atoms. The Morgan fingerprint density at radius 1 is 1.33 bits per heavy atom. The first-order valence-corrected chi connectivity index (χ1v) is 8.22. The number of rotatable bonds is 4. The van der Waals surface area contributed by atoms with Gasteiger partial charge in [0, 0.05) is 0 Å². The molecule has 0 atom stereocenters. The van der Waals surface area contributed by atoms with Gasteiger partial charge in [-0.3, -0.25) is 0 Å². The molecule has 0 unspecified atom stereocenters. The van der Waals surface area contributed by atoms with E-state index in [-0.39, 0.29) is 5.52 Å². The second-order valence-corrected chi connectivity index (χ2v) is 7.15. The van der Waals surface area contributed by atoms with Gasteiger partial charge in [0.1, 0.15) is 5.60 Å². The molecule has 0 amide bonds. The molecule has 7 heteroatoms. The van der Waals surface area contributed by atoms with Crippen molar-refractivity contribution in [1.82, 2.24) is 9.55 Å². The Morgan fingerprint density at radius 3 is 2.54 bits per heavy atom. The summed E-state index contributed by atoms with van der Waals surface area (Å²) in [5.74, 6) is -0.832. The van der Waals surface area contributed by atoms with Gasteiger partial charge in [-0.15, -0.1) is 0 Å². The van der Waals surface area contributed by atoms with Crippen molar-refractivity contribution in [3.63, 3.8) is 0 Å². The Kier molecular flexibility index (Phi) is 5.18. The fourth-order valence-corrected chi connectivity index (χ4v) is 2.47. The second-order valence-electron chi connectivity index (χ2n) is 6.68. The predicted molar refractivity (Wildman–Crippen MR) is 89.7 cm³/mol. The normalized spacial score (nSPS) is 12.6. The van der Waals surface area contributed by atoms with Crippen LogP contribution in [0.25, 0.3) is 11.0 Å². The van der Waals surface area contributed by atoms with Crippen LogP contribution in [-0.2, 0) is 16.5 Å². The summed E-state index contributed by atoms with van der Waals surface area (Å²) in [7, 11) is 0. The number of imidazole rings is 1. The van der Waals surface area contributed by atoms with Gasteiger partial charge in [-0.05, 0) is 62.9 Å². The minimum absolute atomic E-state index is 0.250. The van der Waals surface area contributed by atoms with E-state index in [1.54, 1.807) is 39.0 Å². The van der Waals surface area contributed by atoms with Crippen LogP contribution in [0.2, 0.25) is 0 Å². The van der Waals surface area contributed by atoms with Crippen LogP contribution in [0.5, 0.6) is 0 Å². The molecular weight excluding hydrogens is 338 g/mol. The quantitative estimate of drug-likeness (QED) is 0.682. The first-order chi connectivity index (χ1) is 11.0. The SMILES string of the molecule is CCCCc1ccc2c(c1)nc(C(F)(F)Cl)n2C(=O)OC(C)(C)C. The van der Waals surface area contributed by atoms with Crippen molar-refractivity contribution in [3.8, 4) is 0 Å². The van der Waals surface area contributed by atoms with Crippen LogP contribution in [0.3, 0.4) is 0 Å². The number of carbonyl (C=O) groups excluding carboxylic acids is 1. The Hall–Kier alpha value is -1.69. The number of carbonyl (C=O) groups is 1. The number of aromatic nitrogens is 2. The van der Waals surface area contributed by atoms with Crippen LogP contribution >= 0.6 is 11.6 Å². The third-order valence-corrected chi connectivity index (χ3v) is 3.54. The molecule has 0 saturated heterocycles. The molecule has 2 aromatic rings. The Balaban J connectivity index is 2.56. The maximum absolute atomic E-state index is 13.7. The standard InChI is InChI=1S/C17H21ClF2N2O2/c1-5-6-7-11-8-9-13-12(10-11)21-14(17(18,19)20)22(13)15(23)24-16(2,3)4/h8-10H,5-7H2,1-4H3. The van der Waals surface area contributed by atoms with Crippen molar-refractivity contribution < 1.29 is 18.3 Å². The van der Waals surface area contributed by atoms with E-state index in [1.165, 1.54) is 0 Å². The van der Waals surface area contributed by atoms with Gasteiger partial charge in [0.25, 0.3) is 0 Å². The molecule has 0 saturated carbocycles. The molecular formula is C17H21ClF2N2O2. The van der Waals surface area contributed by atoms with E-state index in [4.69, 9.17) is 16.3 Å². The molecule has 24 heavy (non-hydrogen) atoms. The average molecular weight is 359 g/mol. The molecule has 0 aliphatic carbocycles. The number of nitrogens with zero attached hydrogens (tertiary/aromatic N) is 2. The van der Waals surface area contributed by atoms with Crippen molar-refractivity contribution in [1.29, 1.82) is 0 Å². The van der Waals surface area contributed by atoms with E-state index >= 15 is 0 Å². The summed E-state index contributed by atoms with van der Waals surface area (Å²) in [6.07, 6.45) is 1.89. The molecule has 0 N–H and O–H groups in total. The van der Waals surface area contributed by atoms with Crippen molar-refractivity contribution in [2.75, 3.05) is 0 Å². The first-order valence-electron chi connectivity index (χ1n) is 7.85. The maximum atomic E-state index is 13.7. The lowest BCUT2D eigenvalue weighted by Crippen LogP contribution is -2.29. The molecule has 0 aliphatic rings. The van der Waals surface area contributed by atoms with Gasteiger partial charge in [-0.1, -0.05) is 19.4 Å². The fraction of sp³-hybridized carbons (Fsp3) is 0.529. The Bertz CT molecular complexity index is 745. The minimum Gasteiger partial charge on any atom is -0.443 e. The maximum Gasteiger partial charge on any atom is 0.420 e. The monoisotopic (exact) mass is 358 g/mol. The number of aryl methyl sites for hydroxylation is 1. The predicted octanol–water partition coefficient (Wildman–Crippen LogP) is 5.45. The summed E-state index contributed by atoms with van der Waals surface area (Å²) in [6.45, 7) is 7.05. The molecule has 0 spiro atoms. The highest BCUT2D eigenvalue weighted by Crippen LogP contribution is 2.34. The highest BCUT2D eigenvalue weighted by molar-refractivity contribution is 6.21. The lowest BCUT2D eigenvalue weighted by Gasteiger charge is -2.21. The summed E-state index contributed by atoms with van der Waals surface area (Å²) >= 11 is 5.15. The van der Waals surface area contributed by atoms with Gasteiger partial charge in [-0.2, -0.15) is 8.78 Å². The van der Waals surface area contributed by atoms with Crippen molar-refractivity contribution in [2.45, 2.75) is 57.9 Å². The van der Waals surface area contributed by atoms with Gasteiger partial charge < -0.3 is 4.74 Å². The lowest BCUT2D eigenvalue weighted by atomic mass is 10.1. The number of hydrogen-bond acceptors (Lipinski definition) is 3. The Labute approximate surface area is 144 Å². The van der Waals surface area contributed by atoms with E-state index in [0.717, 1.165) is 29.4 Å². The number of alkyl halides is 3. The van der Waals surface area contributed by atoms with Crippen molar-refractivity contribution >= 4 is 28.7 Å². The molecule has 0 aliphatic heterocycles. The highest BCUT2D eigenvalue weighted by Gasteiger charge is 2.38. The van der Waals surface area contributed by atoms with E-state index < -0.39 is 22.9 Å². The summed E-state index contributed by atoms with van der Waals surface area (Å²) < 4.78 is 33.4. The summed E-state index contributed by atoms with van der Waals surface area (Å²) in [6, 6.07) is 5.11. The molecule has 0 fully saturated rings. The lowest BCUT2D eigenvalue weighted by molar-refractivity contribution is 0.0452. The van der Waals surface area contributed by atoms with Crippen LogP contribution in [-0.4, -0.2) is 21.2 Å². The number of unbranched alkanes of at least 4 members (excludes halogenated alkanes) is 1. The smallest absolute Gasteiger partial charge is 0.420 e. The summed E-state index contributed by atoms with van der Waals surface area (Å²) in [4.78, 5) is 16.3. The number of ether oxygens (including phenoxy) is 1. The van der Waals surface area contributed by atoms with Crippen LogP contribution in [0.15, 0.2) is 18.2 Å². The zero-order valence-corrected chi connectivity index (χ0v) is 15.0.